The van der Waals surface area contributed by atoms with Gasteiger partial charge in [0.2, 0.25) is 0 Å². The number of amides is 1. The normalized spacial score (nSPS) is 17.3. The lowest BCUT2D eigenvalue weighted by Crippen LogP contribution is -2.46. The van der Waals surface area contributed by atoms with Crippen molar-refractivity contribution < 1.29 is 14.6 Å². The average Bonchev–Trinajstić information content (AvgIpc) is 2.53. The summed E-state index contributed by atoms with van der Waals surface area (Å²) in [4.78, 5) is 12.0. The van der Waals surface area contributed by atoms with Crippen LogP contribution in [0.2, 0.25) is 0 Å². The van der Waals surface area contributed by atoms with Gasteiger partial charge in [0.15, 0.2) is 0 Å². The fourth-order valence-corrected chi connectivity index (χ4v) is 3.60. The molecule has 0 saturated heterocycles. The molecule has 0 bridgehead atoms. The first kappa shape index (κ1) is 21.5. The number of nitrogens with one attached hydrogen (secondary N) is 2. The molecule has 152 valence electrons. The molecule has 3 N–H and O–H groups in total. The Bertz CT molecular complexity index is 629. The SMILES string of the molecule is CC(C)(CCNc1ccccc1C1(O)CCCCC1)NC(=O)OC(C)(C)C. The number of rotatable bonds is 6. The summed E-state index contributed by atoms with van der Waals surface area (Å²) in [7, 11) is 0. The molecule has 5 nitrogen and oxygen atoms in total. The standard InChI is InChI=1S/C22H36N2O3/c1-20(2,3)27-19(25)24-21(4,5)15-16-23-18-12-8-7-11-17(18)22(26)13-9-6-10-14-22/h7-8,11-12,23,26H,6,9-10,13-16H2,1-5H3,(H,24,25). The average molecular weight is 377 g/mol. The topological polar surface area (TPSA) is 70.6 Å². The van der Waals surface area contributed by atoms with E-state index in [0.29, 0.717) is 6.54 Å². The van der Waals surface area contributed by atoms with E-state index in [0.717, 1.165) is 43.4 Å². The minimum absolute atomic E-state index is 0.397. The monoisotopic (exact) mass is 376 g/mol. The Kier molecular flexibility index (Phi) is 6.79. The van der Waals surface area contributed by atoms with Crippen LogP contribution < -0.4 is 10.6 Å². The lowest BCUT2D eigenvalue weighted by molar-refractivity contribution is 0.0000120. The van der Waals surface area contributed by atoms with Crippen LogP contribution in [0, 0.1) is 0 Å². The van der Waals surface area contributed by atoms with E-state index < -0.39 is 22.8 Å². The molecule has 1 aliphatic rings. The molecule has 1 aromatic carbocycles. The fourth-order valence-electron chi connectivity index (χ4n) is 3.60. The van der Waals surface area contributed by atoms with Gasteiger partial charge in [-0.05, 0) is 59.9 Å². The summed E-state index contributed by atoms with van der Waals surface area (Å²) in [6.07, 6.45) is 5.30. The summed E-state index contributed by atoms with van der Waals surface area (Å²) in [6.45, 7) is 10.2. The predicted octanol–water partition coefficient (Wildman–Crippen LogP) is 4.94. The van der Waals surface area contributed by atoms with Crippen molar-refractivity contribution in [1.82, 2.24) is 5.32 Å². The molecule has 1 aromatic rings. The van der Waals surface area contributed by atoms with Gasteiger partial charge < -0.3 is 20.5 Å². The van der Waals surface area contributed by atoms with Gasteiger partial charge in [-0.2, -0.15) is 0 Å². The number of benzene rings is 1. The number of hydrogen-bond donors (Lipinski definition) is 3. The van der Waals surface area contributed by atoms with Crippen LogP contribution in [0.15, 0.2) is 24.3 Å². The molecule has 1 saturated carbocycles. The Morgan fingerprint density at radius 2 is 1.74 bits per heavy atom. The molecule has 0 radical (unpaired) electrons. The van der Waals surface area contributed by atoms with Crippen molar-refractivity contribution in [3.05, 3.63) is 29.8 Å². The van der Waals surface area contributed by atoms with Gasteiger partial charge in [0.25, 0.3) is 0 Å². The Balaban J connectivity index is 1.94. The van der Waals surface area contributed by atoms with Crippen LogP contribution >= 0.6 is 0 Å². The largest absolute Gasteiger partial charge is 0.444 e. The molecule has 0 unspecified atom stereocenters. The van der Waals surface area contributed by atoms with Crippen LogP contribution in [0.5, 0.6) is 0 Å². The van der Waals surface area contributed by atoms with Gasteiger partial charge in [-0.1, -0.05) is 37.5 Å². The van der Waals surface area contributed by atoms with Gasteiger partial charge in [0.1, 0.15) is 5.60 Å². The van der Waals surface area contributed by atoms with E-state index in [9.17, 15) is 9.90 Å². The first-order valence-electron chi connectivity index (χ1n) is 10.1. The van der Waals surface area contributed by atoms with Crippen molar-refractivity contribution in [2.75, 3.05) is 11.9 Å². The number of carbonyl (C=O) groups excluding carboxylic acids is 1. The highest BCUT2D eigenvalue weighted by molar-refractivity contribution is 5.68. The Morgan fingerprint density at radius 1 is 1.11 bits per heavy atom. The van der Waals surface area contributed by atoms with Crippen molar-refractivity contribution in [3.63, 3.8) is 0 Å². The Hall–Kier alpha value is -1.75. The summed E-state index contributed by atoms with van der Waals surface area (Å²) >= 11 is 0. The van der Waals surface area contributed by atoms with E-state index in [-0.39, 0.29) is 0 Å². The van der Waals surface area contributed by atoms with E-state index in [1.165, 1.54) is 6.42 Å². The maximum atomic E-state index is 12.0. The molecule has 2 rings (SSSR count). The Morgan fingerprint density at radius 3 is 2.37 bits per heavy atom. The highest BCUT2D eigenvalue weighted by Gasteiger charge is 2.33. The van der Waals surface area contributed by atoms with Crippen molar-refractivity contribution in [2.24, 2.45) is 0 Å². The minimum Gasteiger partial charge on any atom is -0.444 e. The zero-order valence-corrected chi connectivity index (χ0v) is 17.5. The van der Waals surface area contributed by atoms with Gasteiger partial charge in [-0.3, -0.25) is 0 Å². The number of alkyl carbamates (subject to hydrolysis) is 1. The van der Waals surface area contributed by atoms with Crippen molar-refractivity contribution in [3.8, 4) is 0 Å². The minimum atomic E-state index is -0.730. The highest BCUT2D eigenvalue weighted by Crippen LogP contribution is 2.40. The van der Waals surface area contributed by atoms with Gasteiger partial charge in [0, 0.05) is 23.3 Å². The van der Waals surface area contributed by atoms with Crippen LogP contribution in [0.3, 0.4) is 0 Å². The number of carbonyl (C=O) groups is 1. The number of para-hydroxylation sites is 1. The van der Waals surface area contributed by atoms with E-state index in [2.05, 4.69) is 10.6 Å². The molecule has 0 aliphatic heterocycles. The molecule has 1 amide bonds. The summed E-state index contributed by atoms with van der Waals surface area (Å²) in [6, 6.07) is 8.02. The van der Waals surface area contributed by atoms with Crippen LogP contribution in [0.1, 0.15) is 78.7 Å². The number of aliphatic hydroxyl groups is 1. The summed E-state index contributed by atoms with van der Waals surface area (Å²) < 4.78 is 5.35. The Labute approximate surface area is 163 Å². The predicted molar refractivity (Wildman–Crippen MR) is 110 cm³/mol. The molecule has 0 spiro atoms. The van der Waals surface area contributed by atoms with Crippen LogP contribution in [0.25, 0.3) is 0 Å². The van der Waals surface area contributed by atoms with Crippen LogP contribution in [-0.2, 0) is 10.3 Å². The van der Waals surface area contributed by atoms with Crippen molar-refractivity contribution in [2.45, 2.75) is 89.9 Å². The molecule has 27 heavy (non-hydrogen) atoms. The zero-order chi connectivity index (χ0) is 20.1. The van der Waals surface area contributed by atoms with Gasteiger partial charge in [0.05, 0.1) is 5.60 Å². The lowest BCUT2D eigenvalue weighted by atomic mass is 9.79. The summed E-state index contributed by atoms with van der Waals surface area (Å²) in [5.74, 6) is 0. The van der Waals surface area contributed by atoms with Gasteiger partial charge >= 0.3 is 6.09 Å². The molecule has 0 aromatic heterocycles. The molecular formula is C22H36N2O3. The molecular weight excluding hydrogens is 340 g/mol. The second-order valence-electron chi connectivity index (χ2n) is 9.33. The molecule has 1 fully saturated rings. The molecule has 5 heteroatoms. The quantitative estimate of drug-likeness (QED) is 0.657. The fraction of sp³-hybridized carbons (Fsp3) is 0.682. The maximum absolute atomic E-state index is 12.0. The van der Waals surface area contributed by atoms with Gasteiger partial charge in [-0.25, -0.2) is 4.79 Å². The maximum Gasteiger partial charge on any atom is 0.408 e. The van der Waals surface area contributed by atoms with Crippen molar-refractivity contribution in [1.29, 1.82) is 0 Å². The van der Waals surface area contributed by atoms with Crippen LogP contribution in [-0.4, -0.2) is 28.9 Å². The number of hydrogen-bond acceptors (Lipinski definition) is 4. The highest BCUT2D eigenvalue weighted by atomic mass is 16.6. The second-order valence-corrected chi connectivity index (χ2v) is 9.33. The second kappa shape index (κ2) is 8.51. The molecule has 1 aliphatic carbocycles. The first-order chi connectivity index (χ1) is 12.5. The molecule has 0 heterocycles. The third-order valence-electron chi connectivity index (χ3n) is 5.01. The third-order valence-corrected chi connectivity index (χ3v) is 5.01. The first-order valence-corrected chi connectivity index (χ1v) is 10.1. The number of ether oxygens (including phenoxy) is 1. The van der Waals surface area contributed by atoms with Gasteiger partial charge in [-0.15, -0.1) is 0 Å². The number of anilines is 1. The van der Waals surface area contributed by atoms with Crippen LogP contribution in [0.4, 0.5) is 10.5 Å². The van der Waals surface area contributed by atoms with E-state index in [4.69, 9.17) is 4.74 Å². The van der Waals surface area contributed by atoms with E-state index in [1.54, 1.807) is 0 Å². The smallest absolute Gasteiger partial charge is 0.408 e. The third kappa shape index (κ3) is 6.73. The van der Waals surface area contributed by atoms with E-state index in [1.807, 2.05) is 58.9 Å². The summed E-state index contributed by atoms with van der Waals surface area (Å²) in [5.41, 5.74) is 0.336. The lowest BCUT2D eigenvalue weighted by Gasteiger charge is -2.34. The molecule has 0 atom stereocenters. The zero-order valence-electron chi connectivity index (χ0n) is 17.5. The van der Waals surface area contributed by atoms with E-state index >= 15 is 0 Å². The summed E-state index contributed by atoms with van der Waals surface area (Å²) in [5, 5.41) is 17.5. The van der Waals surface area contributed by atoms with Crippen molar-refractivity contribution >= 4 is 11.8 Å².